The first-order valence-electron chi connectivity index (χ1n) is 8.02. The lowest BCUT2D eigenvalue weighted by Gasteiger charge is -2.09. The number of amides is 1. The maximum absolute atomic E-state index is 12.8. The summed E-state index contributed by atoms with van der Waals surface area (Å²) in [6.07, 6.45) is 1.89. The molecule has 4 rings (SSSR count). The summed E-state index contributed by atoms with van der Waals surface area (Å²) in [6.45, 7) is 0. The highest BCUT2D eigenvalue weighted by molar-refractivity contribution is 9.11. The van der Waals surface area contributed by atoms with Crippen LogP contribution in [0.2, 0.25) is 0 Å². The number of benzene rings is 2. The summed E-state index contributed by atoms with van der Waals surface area (Å²) in [4.78, 5) is 17.6. The number of carbonyl (C=O) groups is 1. The minimum absolute atomic E-state index is 0.197. The number of anilines is 1. The SMILES string of the molecule is O=C(Nc1c(-c2ccccc2)nc2c(Br)cc(Br)cn12)c1ccc(Br)cc1. The molecule has 0 fully saturated rings. The number of imidazole rings is 1. The predicted molar refractivity (Wildman–Crippen MR) is 118 cm³/mol. The third kappa shape index (κ3) is 3.72. The molecule has 0 atom stereocenters. The predicted octanol–water partition coefficient (Wildman–Crippen LogP) is 6.54. The van der Waals surface area contributed by atoms with Gasteiger partial charge in [-0.2, -0.15) is 0 Å². The number of halogens is 3. The van der Waals surface area contributed by atoms with Crippen LogP contribution in [0.4, 0.5) is 5.82 Å². The highest BCUT2D eigenvalue weighted by Crippen LogP contribution is 2.33. The zero-order chi connectivity index (χ0) is 19.0. The van der Waals surface area contributed by atoms with Gasteiger partial charge in [0.05, 0.1) is 4.47 Å². The zero-order valence-electron chi connectivity index (χ0n) is 13.8. The summed E-state index contributed by atoms with van der Waals surface area (Å²) in [5, 5.41) is 3.03. The lowest BCUT2D eigenvalue weighted by atomic mass is 10.1. The summed E-state index contributed by atoms with van der Waals surface area (Å²) < 4.78 is 4.50. The topological polar surface area (TPSA) is 46.4 Å². The Bertz CT molecular complexity index is 1140. The number of hydrogen-bond acceptors (Lipinski definition) is 2. The Morgan fingerprint density at radius 2 is 1.63 bits per heavy atom. The van der Waals surface area contributed by atoms with Crippen molar-refractivity contribution in [1.29, 1.82) is 0 Å². The van der Waals surface area contributed by atoms with Crippen LogP contribution >= 0.6 is 47.8 Å². The molecule has 7 heteroatoms. The molecule has 2 aromatic heterocycles. The second-order valence-corrected chi connectivity index (χ2v) is 8.52. The highest BCUT2D eigenvalue weighted by Gasteiger charge is 2.19. The van der Waals surface area contributed by atoms with E-state index in [2.05, 4.69) is 53.1 Å². The van der Waals surface area contributed by atoms with Gasteiger partial charge in [0.25, 0.3) is 5.91 Å². The molecule has 0 aliphatic heterocycles. The molecule has 0 bridgehead atoms. The Kier molecular flexibility index (Phi) is 5.16. The molecule has 0 spiro atoms. The quantitative estimate of drug-likeness (QED) is 0.315. The van der Waals surface area contributed by atoms with E-state index in [9.17, 15) is 4.79 Å². The van der Waals surface area contributed by atoms with Crippen LogP contribution in [-0.2, 0) is 0 Å². The molecule has 1 amide bonds. The van der Waals surface area contributed by atoms with Crippen molar-refractivity contribution in [3.8, 4) is 11.3 Å². The van der Waals surface area contributed by atoms with Crippen LogP contribution in [-0.4, -0.2) is 15.3 Å². The third-order valence-electron chi connectivity index (χ3n) is 4.03. The Morgan fingerprint density at radius 3 is 2.33 bits per heavy atom. The van der Waals surface area contributed by atoms with Crippen molar-refractivity contribution >= 4 is 65.2 Å². The minimum atomic E-state index is -0.197. The van der Waals surface area contributed by atoms with Crippen molar-refractivity contribution in [3.05, 3.63) is 85.8 Å². The van der Waals surface area contributed by atoms with Gasteiger partial charge in [0.15, 0.2) is 5.65 Å². The van der Waals surface area contributed by atoms with Gasteiger partial charge in [-0.3, -0.25) is 9.20 Å². The monoisotopic (exact) mass is 547 g/mol. The number of nitrogens with one attached hydrogen (secondary N) is 1. The molecule has 1 N–H and O–H groups in total. The average molecular weight is 550 g/mol. The van der Waals surface area contributed by atoms with E-state index in [0.717, 1.165) is 24.6 Å². The molecular formula is C20H12Br3N3O. The van der Waals surface area contributed by atoms with E-state index in [-0.39, 0.29) is 5.91 Å². The first-order chi connectivity index (χ1) is 13.0. The molecule has 134 valence electrons. The fourth-order valence-corrected chi connectivity index (χ4v) is 4.30. The van der Waals surface area contributed by atoms with Crippen LogP contribution in [0.15, 0.2) is 80.3 Å². The van der Waals surface area contributed by atoms with Crippen LogP contribution < -0.4 is 5.32 Å². The van der Waals surface area contributed by atoms with Gasteiger partial charge in [-0.25, -0.2) is 4.98 Å². The van der Waals surface area contributed by atoms with Crippen molar-refractivity contribution in [2.24, 2.45) is 0 Å². The van der Waals surface area contributed by atoms with E-state index >= 15 is 0 Å². The van der Waals surface area contributed by atoms with Gasteiger partial charge >= 0.3 is 0 Å². The number of aromatic nitrogens is 2. The van der Waals surface area contributed by atoms with Crippen molar-refractivity contribution in [3.63, 3.8) is 0 Å². The fourth-order valence-electron chi connectivity index (χ4n) is 2.77. The summed E-state index contributed by atoms with van der Waals surface area (Å²) in [5.41, 5.74) is 2.93. The first-order valence-corrected chi connectivity index (χ1v) is 10.4. The van der Waals surface area contributed by atoms with E-state index in [1.165, 1.54) is 0 Å². The van der Waals surface area contributed by atoms with Crippen molar-refractivity contribution < 1.29 is 4.79 Å². The van der Waals surface area contributed by atoms with Gasteiger partial charge in [0.1, 0.15) is 11.5 Å². The van der Waals surface area contributed by atoms with Gasteiger partial charge < -0.3 is 5.32 Å². The highest BCUT2D eigenvalue weighted by atomic mass is 79.9. The van der Waals surface area contributed by atoms with Crippen LogP contribution in [0.1, 0.15) is 10.4 Å². The molecule has 0 radical (unpaired) electrons. The molecule has 4 aromatic rings. The lowest BCUT2D eigenvalue weighted by Crippen LogP contribution is -2.14. The molecule has 0 saturated carbocycles. The van der Waals surface area contributed by atoms with Crippen molar-refractivity contribution in [2.45, 2.75) is 0 Å². The lowest BCUT2D eigenvalue weighted by molar-refractivity contribution is 0.102. The second-order valence-electron chi connectivity index (χ2n) is 5.84. The Morgan fingerprint density at radius 1 is 0.926 bits per heavy atom. The van der Waals surface area contributed by atoms with Crippen LogP contribution in [0.3, 0.4) is 0 Å². The first kappa shape index (κ1) is 18.4. The standard InChI is InChI=1S/C20H12Br3N3O/c21-14-8-6-13(7-9-14)20(27)25-19-17(12-4-2-1-3-5-12)24-18-16(23)10-15(22)11-26(18)19/h1-11H,(H,25,27). The van der Waals surface area contributed by atoms with Gasteiger partial charge in [0, 0.05) is 26.3 Å². The maximum Gasteiger partial charge on any atom is 0.256 e. The third-order valence-corrected chi connectivity index (χ3v) is 5.57. The Balaban J connectivity index is 1.86. The van der Waals surface area contributed by atoms with Crippen molar-refractivity contribution in [2.75, 3.05) is 5.32 Å². The van der Waals surface area contributed by atoms with E-state index in [4.69, 9.17) is 4.98 Å². The van der Waals surface area contributed by atoms with E-state index in [1.807, 2.05) is 59.1 Å². The molecule has 0 aliphatic carbocycles. The molecule has 2 aromatic carbocycles. The maximum atomic E-state index is 12.8. The van der Waals surface area contributed by atoms with Crippen LogP contribution in [0, 0.1) is 0 Å². The number of hydrogen-bond donors (Lipinski definition) is 1. The van der Waals surface area contributed by atoms with Gasteiger partial charge in [-0.1, -0.05) is 46.3 Å². The molecular weight excluding hydrogens is 538 g/mol. The van der Waals surface area contributed by atoms with E-state index in [0.29, 0.717) is 17.1 Å². The van der Waals surface area contributed by atoms with Gasteiger partial charge in [-0.05, 0) is 62.2 Å². The number of nitrogens with zero attached hydrogens (tertiary/aromatic N) is 2. The smallest absolute Gasteiger partial charge is 0.256 e. The van der Waals surface area contributed by atoms with E-state index in [1.54, 1.807) is 12.1 Å². The summed E-state index contributed by atoms with van der Waals surface area (Å²) >= 11 is 10.5. The molecule has 4 nitrogen and oxygen atoms in total. The number of pyridine rings is 1. The Hall–Kier alpha value is -1.96. The summed E-state index contributed by atoms with van der Waals surface area (Å²) in [6, 6.07) is 19.0. The summed E-state index contributed by atoms with van der Waals surface area (Å²) in [7, 11) is 0. The average Bonchev–Trinajstić information content (AvgIpc) is 3.02. The molecule has 0 unspecified atom stereocenters. The number of fused-ring (bicyclic) bond motifs is 1. The molecule has 2 heterocycles. The molecule has 0 saturated heterocycles. The number of rotatable bonds is 3. The second kappa shape index (κ2) is 7.58. The van der Waals surface area contributed by atoms with Crippen molar-refractivity contribution in [1.82, 2.24) is 9.38 Å². The molecule has 0 aliphatic rings. The zero-order valence-corrected chi connectivity index (χ0v) is 18.5. The van der Waals surface area contributed by atoms with E-state index < -0.39 is 0 Å². The normalized spacial score (nSPS) is 10.9. The van der Waals surface area contributed by atoms with Gasteiger partial charge in [0.2, 0.25) is 0 Å². The van der Waals surface area contributed by atoms with Crippen LogP contribution in [0.25, 0.3) is 16.9 Å². The molecule has 27 heavy (non-hydrogen) atoms. The van der Waals surface area contributed by atoms with Gasteiger partial charge in [-0.15, -0.1) is 0 Å². The summed E-state index contributed by atoms with van der Waals surface area (Å²) in [5.74, 6) is 0.420. The fraction of sp³-hybridized carbons (Fsp3) is 0. The Labute approximate surface area is 181 Å². The largest absolute Gasteiger partial charge is 0.306 e. The van der Waals surface area contributed by atoms with Crippen LogP contribution in [0.5, 0.6) is 0 Å². The number of carbonyl (C=O) groups excluding carboxylic acids is 1. The minimum Gasteiger partial charge on any atom is -0.306 e.